The number of hydrogen-bond donors (Lipinski definition) is 5. The number of H-pyrrole nitrogens is 2. The molecule has 5 N–H and O–H groups in total. The number of nitrogens with zero attached hydrogens (tertiary/aromatic N) is 3. The fourth-order valence-electron chi connectivity index (χ4n) is 5.28. The van der Waals surface area contributed by atoms with Gasteiger partial charge in [0, 0.05) is 36.6 Å². The first-order valence-electron chi connectivity index (χ1n) is 11.7. The van der Waals surface area contributed by atoms with Gasteiger partial charge in [0.2, 0.25) is 0 Å². The second kappa shape index (κ2) is 8.50. The second-order valence-corrected chi connectivity index (χ2v) is 9.16. The number of aromatic hydroxyl groups is 1. The van der Waals surface area contributed by atoms with Gasteiger partial charge in [-0.05, 0) is 66.9 Å². The molecule has 176 valence electrons. The Bertz CT molecular complexity index is 1360. The Morgan fingerprint density at radius 1 is 1.15 bits per heavy atom. The summed E-state index contributed by atoms with van der Waals surface area (Å²) < 4.78 is 14.0. The summed E-state index contributed by atoms with van der Waals surface area (Å²) in [5.74, 6) is -0.446. The van der Waals surface area contributed by atoms with Crippen molar-refractivity contribution in [1.29, 1.82) is 0 Å². The molecule has 0 aliphatic carbocycles. The average molecular weight is 463 g/mol. The van der Waals surface area contributed by atoms with E-state index in [2.05, 4.69) is 25.4 Å². The lowest BCUT2D eigenvalue weighted by molar-refractivity contribution is 0.145. The lowest BCUT2D eigenvalue weighted by atomic mass is 9.98. The third-order valence-electron chi connectivity index (χ3n) is 7.13. The van der Waals surface area contributed by atoms with Gasteiger partial charge in [-0.2, -0.15) is 5.10 Å². The largest absolute Gasteiger partial charge is 0.505 e. The quantitative estimate of drug-likeness (QED) is 0.319. The maximum absolute atomic E-state index is 14.0. The third-order valence-corrected chi connectivity index (χ3v) is 7.13. The molecule has 0 radical (unpaired) electrons. The molecule has 2 aromatic carbocycles. The molecular formula is C25H27FN6O2. The van der Waals surface area contributed by atoms with Gasteiger partial charge in [0.05, 0.1) is 17.8 Å². The van der Waals surface area contributed by atoms with Gasteiger partial charge >= 0.3 is 0 Å². The van der Waals surface area contributed by atoms with Crippen LogP contribution in [0.5, 0.6) is 5.75 Å². The van der Waals surface area contributed by atoms with E-state index in [-0.39, 0.29) is 6.61 Å². The standard InChI is InChI=1S/C25H27FN6O2/c26-19-11-18(15(13-33)10-23(19)34)14-1-2-17-21(9-14)30-31-24(17)25-28-20-5-8-32(12-22(20)29-25)16-3-6-27-7-4-16/h1-2,9-11,16,27,33-34H,3-8,12-13H2,(H,28,29)(H,30,31). The summed E-state index contributed by atoms with van der Waals surface area (Å²) in [7, 11) is 0. The number of rotatable bonds is 4. The van der Waals surface area contributed by atoms with Crippen LogP contribution in [0.25, 0.3) is 33.5 Å². The Morgan fingerprint density at radius 2 is 2.00 bits per heavy atom. The Kier molecular flexibility index (Phi) is 5.32. The summed E-state index contributed by atoms with van der Waals surface area (Å²) in [6.45, 7) is 3.76. The molecule has 2 aromatic heterocycles. The van der Waals surface area contributed by atoms with Gasteiger partial charge in [-0.1, -0.05) is 6.07 Å². The minimum Gasteiger partial charge on any atom is -0.505 e. The van der Waals surface area contributed by atoms with Crippen LogP contribution in [0.3, 0.4) is 0 Å². The van der Waals surface area contributed by atoms with Crippen molar-refractivity contribution in [3.63, 3.8) is 0 Å². The van der Waals surface area contributed by atoms with Crippen molar-refractivity contribution in [2.24, 2.45) is 0 Å². The van der Waals surface area contributed by atoms with Crippen molar-refractivity contribution in [3.8, 4) is 28.4 Å². The van der Waals surface area contributed by atoms with Crippen molar-refractivity contribution < 1.29 is 14.6 Å². The lowest BCUT2D eigenvalue weighted by Gasteiger charge is -2.36. The predicted molar refractivity (Wildman–Crippen MR) is 127 cm³/mol. The van der Waals surface area contributed by atoms with E-state index in [9.17, 15) is 14.6 Å². The first-order chi connectivity index (χ1) is 16.6. The summed E-state index contributed by atoms with van der Waals surface area (Å²) in [6, 6.07) is 8.79. The highest BCUT2D eigenvalue weighted by Gasteiger charge is 2.27. The predicted octanol–water partition coefficient (Wildman–Crippen LogP) is 3.07. The summed E-state index contributed by atoms with van der Waals surface area (Å²) in [4.78, 5) is 11.0. The third kappa shape index (κ3) is 3.66. The topological polar surface area (TPSA) is 113 Å². The number of hydrogen-bond acceptors (Lipinski definition) is 6. The molecule has 1 saturated heterocycles. The number of aromatic nitrogens is 4. The summed E-state index contributed by atoms with van der Waals surface area (Å²) in [5, 5.41) is 31.3. The van der Waals surface area contributed by atoms with Crippen LogP contribution >= 0.6 is 0 Å². The number of halogens is 1. The molecule has 4 heterocycles. The van der Waals surface area contributed by atoms with Gasteiger partial charge in [0.25, 0.3) is 0 Å². The van der Waals surface area contributed by atoms with Crippen LogP contribution in [0, 0.1) is 5.82 Å². The molecule has 0 bridgehead atoms. The monoisotopic (exact) mass is 462 g/mol. The minimum atomic E-state index is -0.725. The molecule has 8 nitrogen and oxygen atoms in total. The molecular weight excluding hydrogens is 435 g/mol. The van der Waals surface area contributed by atoms with E-state index in [1.54, 1.807) is 0 Å². The Morgan fingerprint density at radius 3 is 2.82 bits per heavy atom. The number of nitrogens with one attached hydrogen (secondary N) is 3. The molecule has 9 heteroatoms. The van der Waals surface area contributed by atoms with Gasteiger partial charge in [-0.15, -0.1) is 0 Å². The van der Waals surface area contributed by atoms with E-state index in [0.29, 0.717) is 17.2 Å². The summed E-state index contributed by atoms with van der Waals surface area (Å²) >= 11 is 0. The zero-order valence-corrected chi connectivity index (χ0v) is 18.7. The number of benzene rings is 2. The number of aliphatic hydroxyl groups is 1. The molecule has 0 saturated carbocycles. The van der Waals surface area contributed by atoms with Crippen LogP contribution in [0.2, 0.25) is 0 Å². The number of fused-ring (bicyclic) bond motifs is 2. The fraction of sp³-hybridized carbons (Fsp3) is 0.360. The highest BCUT2D eigenvalue weighted by Crippen LogP contribution is 2.34. The number of phenolic OH excluding ortho intramolecular Hbond substituents is 1. The van der Waals surface area contributed by atoms with Crippen molar-refractivity contribution in [2.45, 2.75) is 38.5 Å². The average Bonchev–Trinajstić information content (AvgIpc) is 3.48. The molecule has 4 aromatic rings. The lowest BCUT2D eigenvalue weighted by Crippen LogP contribution is -2.45. The van der Waals surface area contributed by atoms with Gasteiger partial charge < -0.3 is 20.5 Å². The Hall–Kier alpha value is -3.27. The fourth-order valence-corrected chi connectivity index (χ4v) is 5.28. The van der Waals surface area contributed by atoms with Crippen molar-refractivity contribution in [3.05, 3.63) is 53.1 Å². The number of phenols is 1. The molecule has 2 aliphatic heterocycles. The highest BCUT2D eigenvalue weighted by molar-refractivity contribution is 5.94. The summed E-state index contributed by atoms with van der Waals surface area (Å²) in [5.41, 5.74) is 5.53. The molecule has 6 rings (SSSR count). The molecule has 34 heavy (non-hydrogen) atoms. The number of aliphatic hydroxyl groups excluding tert-OH is 1. The zero-order chi connectivity index (χ0) is 23.2. The van der Waals surface area contributed by atoms with E-state index in [0.717, 1.165) is 66.3 Å². The second-order valence-electron chi connectivity index (χ2n) is 9.16. The van der Waals surface area contributed by atoms with Crippen molar-refractivity contribution in [1.82, 2.24) is 30.4 Å². The molecule has 0 atom stereocenters. The van der Waals surface area contributed by atoms with Crippen LogP contribution in [0.1, 0.15) is 29.8 Å². The SMILES string of the molecule is OCc1cc(O)c(F)cc1-c1ccc2c(-c3nc4c([nH]3)CCN(C3CCNCC3)C4)n[nH]c2c1. The van der Waals surface area contributed by atoms with Crippen LogP contribution in [0.4, 0.5) is 4.39 Å². The minimum absolute atomic E-state index is 0.304. The van der Waals surface area contributed by atoms with Crippen LogP contribution in [-0.4, -0.2) is 61.0 Å². The van der Waals surface area contributed by atoms with Crippen LogP contribution < -0.4 is 5.32 Å². The summed E-state index contributed by atoms with van der Waals surface area (Å²) in [6.07, 6.45) is 3.32. The van der Waals surface area contributed by atoms with Gasteiger partial charge in [0.1, 0.15) is 5.69 Å². The molecule has 0 unspecified atom stereocenters. The first-order valence-corrected chi connectivity index (χ1v) is 11.7. The van der Waals surface area contributed by atoms with E-state index in [1.807, 2.05) is 18.2 Å². The molecule has 1 fully saturated rings. The number of imidazole rings is 1. The zero-order valence-electron chi connectivity index (χ0n) is 18.7. The van der Waals surface area contributed by atoms with Crippen molar-refractivity contribution >= 4 is 10.9 Å². The van der Waals surface area contributed by atoms with Gasteiger partial charge in [-0.25, -0.2) is 9.37 Å². The van der Waals surface area contributed by atoms with E-state index >= 15 is 0 Å². The Labute approximate surface area is 195 Å². The van der Waals surface area contributed by atoms with Crippen LogP contribution in [0.15, 0.2) is 30.3 Å². The normalized spacial score (nSPS) is 17.4. The van der Waals surface area contributed by atoms with Crippen molar-refractivity contribution in [2.75, 3.05) is 19.6 Å². The van der Waals surface area contributed by atoms with Gasteiger partial charge in [-0.3, -0.25) is 10.00 Å². The molecule has 2 aliphatic rings. The van der Waals surface area contributed by atoms with E-state index in [4.69, 9.17) is 4.98 Å². The molecule has 0 amide bonds. The number of aromatic amines is 2. The molecule has 0 spiro atoms. The number of piperidine rings is 1. The van der Waals surface area contributed by atoms with Gasteiger partial charge in [0.15, 0.2) is 17.4 Å². The Balaban J connectivity index is 1.31. The first kappa shape index (κ1) is 21.3. The van der Waals surface area contributed by atoms with Crippen LogP contribution in [-0.2, 0) is 19.6 Å². The van der Waals surface area contributed by atoms with E-state index < -0.39 is 11.6 Å². The smallest absolute Gasteiger partial charge is 0.165 e. The maximum atomic E-state index is 14.0. The highest BCUT2D eigenvalue weighted by atomic mass is 19.1. The van der Waals surface area contributed by atoms with E-state index in [1.165, 1.54) is 30.7 Å². The maximum Gasteiger partial charge on any atom is 0.165 e.